The van der Waals surface area contributed by atoms with Crippen molar-refractivity contribution >= 4 is 28.9 Å². The number of thiophene rings is 1. The maximum atomic E-state index is 12.2. The number of Topliss-reactive ketones (excluding diaryl/α,β-unsaturated/α-hetero) is 1. The first-order valence-corrected chi connectivity index (χ1v) is 10.6. The lowest BCUT2D eigenvalue weighted by Gasteiger charge is -2.39. The molecule has 1 aliphatic heterocycles. The largest absolute Gasteiger partial charge is 0.356 e. The van der Waals surface area contributed by atoms with Crippen molar-refractivity contribution in [1.82, 2.24) is 10.2 Å². The van der Waals surface area contributed by atoms with Gasteiger partial charge in [0.2, 0.25) is 11.8 Å². The molecule has 2 aromatic rings. The van der Waals surface area contributed by atoms with Crippen LogP contribution in [0.5, 0.6) is 0 Å². The van der Waals surface area contributed by atoms with E-state index in [9.17, 15) is 14.4 Å². The van der Waals surface area contributed by atoms with Crippen LogP contribution in [0.4, 0.5) is 0 Å². The summed E-state index contributed by atoms with van der Waals surface area (Å²) in [5, 5.41) is 4.74. The molecule has 28 heavy (non-hydrogen) atoms. The van der Waals surface area contributed by atoms with Gasteiger partial charge < -0.3 is 10.2 Å². The molecule has 1 aromatic carbocycles. The SMILES string of the molecule is O=C(CCC(=O)c1cccs1)NCC1CN(C(=O)CCCc2ccccc2)C1. The lowest BCUT2D eigenvalue weighted by Crippen LogP contribution is -2.53. The van der Waals surface area contributed by atoms with E-state index in [0.29, 0.717) is 36.9 Å². The summed E-state index contributed by atoms with van der Waals surface area (Å²) >= 11 is 1.40. The van der Waals surface area contributed by atoms with Gasteiger partial charge in [0, 0.05) is 44.8 Å². The molecule has 148 valence electrons. The maximum absolute atomic E-state index is 12.2. The minimum Gasteiger partial charge on any atom is -0.356 e. The molecule has 0 radical (unpaired) electrons. The van der Waals surface area contributed by atoms with Crippen LogP contribution in [0.3, 0.4) is 0 Å². The standard InChI is InChI=1S/C22H26N2O3S/c25-19(20-9-5-13-28-20)11-12-21(26)23-14-18-15-24(16-18)22(27)10-4-8-17-6-2-1-3-7-17/h1-3,5-7,9,13,18H,4,8,10-12,14-16H2,(H,23,26). The number of amides is 2. The van der Waals surface area contributed by atoms with Gasteiger partial charge in [-0.25, -0.2) is 0 Å². The lowest BCUT2D eigenvalue weighted by atomic mass is 9.98. The summed E-state index contributed by atoms with van der Waals surface area (Å²) in [6.07, 6.45) is 2.80. The Morgan fingerprint density at radius 3 is 2.50 bits per heavy atom. The highest BCUT2D eigenvalue weighted by Gasteiger charge is 2.30. The van der Waals surface area contributed by atoms with Crippen molar-refractivity contribution in [2.75, 3.05) is 19.6 Å². The number of nitrogens with one attached hydrogen (secondary N) is 1. The van der Waals surface area contributed by atoms with Crippen LogP contribution in [-0.4, -0.2) is 42.1 Å². The van der Waals surface area contributed by atoms with E-state index in [0.717, 1.165) is 12.8 Å². The van der Waals surface area contributed by atoms with Crippen LogP contribution < -0.4 is 5.32 Å². The molecule has 0 unspecified atom stereocenters. The predicted octanol–water partition coefficient (Wildman–Crippen LogP) is 3.31. The molecule has 0 spiro atoms. The molecule has 2 amide bonds. The molecule has 0 saturated carbocycles. The van der Waals surface area contributed by atoms with Crippen LogP contribution in [0.15, 0.2) is 47.8 Å². The second-order valence-corrected chi connectivity index (χ2v) is 8.16. The summed E-state index contributed by atoms with van der Waals surface area (Å²) in [5.41, 5.74) is 1.26. The van der Waals surface area contributed by atoms with Gasteiger partial charge in [-0.1, -0.05) is 36.4 Å². The number of benzene rings is 1. The minimum atomic E-state index is -0.0995. The Labute approximate surface area is 169 Å². The lowest BCUT2D eigenvalue weighted by molar-refractivity contribution is -0.137. The summed E-state index contributed by atoms with van der Waals surface area (Å²) < 4.78 is 0. The van der Waals surface area contributed by atoms with Gasteiger partial charge in [0.15, 0.2) is 5.78 Å². The number of ketones is 1. The third-order valence-electron chi connectivity index (χ3n) is 4.97. The Bertz CT molecular complexity index is 783. The average molecular weight is 399 g/mol. The molecule has 6 heteroatoms. The van der Waals surface area contributed by atoms with Crippen LogP contribution in [0.25, 0.3) is 0 Å². The molecule has 1 saturated heterocycles. The van der Waals surface area contributed by atoms with E-state index < -0.39 is 0 Å². The fourth-order valence-corrected chi connectivity index (χ4v) is 3.98. The Kier molecular flexibility index (Phi) is 7.37. The normalized spacial score (nSPS) is 13.8. The number of carbonyl (C=O) groups is 3. The molecular weight excluding hydrogens is 372 g/mol. The van der Waals surface area contributed by atoms with Gasteiger partial charge in [-0.15, -0.1) is 11.3 Å². The number of likely N-dealkylation sites (tertiary alicyclic amines) is 1. The molecule has 0 bridgehead atoms. The van der Waals surface area contributed by atoms with Crippen LogP contribution in [-0.2, 0) is 16.0 Å². The number of nitrogens with zero attached hydrogens (tertiary/aromatic N) is 1. The van der Waals surface area contributed by atoms with Gasteiger partial charge in [0.05, 0.1) is 4.88 Å². The van der Waals surface area contributed by atoms with E-state index in [1.54, 1.807) is 6.07 Å². The van der Waals surface area contributed by atoms with Gasteiger partial charge in [0.1, 0.15) is 0 Å². The highest BCUT2D eigenvalue weighted by Crippen LogP contribution is 2.17. The van der Waals surface area contributed by atoms with E-state index in [4.69, 9.17) is 0 Å². The Hall–Kier alpha value is -2.47. The molecular formula is C22H26N2O3S. The van der Waals surface area contributed by atoms with Crippen molar-refractivity contribution in [3.63, 3.8) is 0 Å². The maximum Gasteiger partial charge on any atom is 0.222 e. The molecule has 1 N–H and O–H groups in total. The number of rotatable bonds is 10. The molecule has 1 aromatic heterocycles. The molecule has 0 aliphatic carbocycles. The van der Waals surface area contributed by atoms with Crippen LogP contribution in [0.2, 0.25) is 0 Å². The van der Waals surface area contributed by atoms with Crippen molar-refractivity contribution in [3.05, 3.63) is 58.3 Å². The summed E-state index contributed by atoms with van der Waals surface area (Å²) in [4.78, 5) is 38.6. The summed E-state index contributed by atoms with van der Waals surface area (Å²) in [6.45, 7) is 1.98. The number of hydrogen-bond donors (Lipinski definition) is 1. The Balaban J connectivity index is 1.24. The summed E-state index contributed by atoms with van der Waals surface area (Å²) in [5.74, 6) is 0.425. The zero-order chi connectivity index (χ0) is 19.8. The second kappa shape index (κ2) is 10.2. The summed E-state index contributed by atoms with van der Waals surface area (Å²) in [6, 6.07) is 13.8. The van der Waals surface area contributed by atoms with Crippen LogP contribution >= 0.6 is 11.3 Å². The molecule has 1 fully saturated rings. The molecule has 2 heterocycles. The molecule has 3 rings (SSSR count). The average Bonchev–Trinajstić information content (AvgIpc) is 3.20. The van der Waals surface area contributed by atoms with Crippen LogP contribution in [0.1, 0.15) is 40.9 Å². The number of carbonyl (C=O) groups excluding carboxylic acids is 3. The summed E-state index contributed by atoms with van der Waals surface area (Å²) in [7, 11) is 0. The smallest absolute Gasteiger partial charge is 0.222 e. The first-order chi connectivity index (χ1) is 13.6. The van der Waals surface area contributed by atoms with E-state index in [2.05, 4.69) is 17.4 Å². The fraction of sp³-hybridized carbons (Fsp3) is 0.409. The Morgan fingerprint density at radius 1 is 1.00 bits per heavy atom. The molecule has 5 nitrogen and oxygen atoms in total. The minimum absolute atomic E-state index is 0.0149. The van der Waals surface area contributed by atoms with E-state index >= 15 is 0 Å². The van der Waals surface area contributed by atoms with Gasteiger partial charge in [-0.05, 0) is 29.9 Å². The van der Waals surface area contributed by atoms with E-state index in [-0.39, 0.29) is 30.4 Å². The second-order valence-electron chi connectivity index (χ2n) is 7.21. The number of aryl methyl sites for hydroxylation is 1. The fourth-order valence-electron chi connectivity index (χ4n) is 3.28. The molecule has 1 aliphatic rings. The Morgan fingerprint density at radius 2 is 1.79 bits per heavy atom. The van der Waals surface area contributed by atoms with Gasteiger partial charge in [-0.3, -0.25) is 14.4 Å². The van der Waals surface area contributed by atoms with Gasteiger partial charge >= 0.3 is 0 Å². The van der Waals surface area contributed by atoms with Crippen molar-refractivity contribution in [3.8, 4) is 0 Å². The first kappa shape index (κ1) is 20.3. The monoisotopic (exact) mass is 398 g/mol. The van der Waals surface area contributed by atoms with Crippen molar-refractivity contribution in [2.24, 2.45) is 5.92 Å². The quantitative estimate of drug-likeness (QED) is 0.625. The van der Waals surface area contributed by atoms with Crippen molar-refractivity contribution in [2.45, 2.75) is 32.1 Å². The van der Waals surface area contributed by atoms with Crippen molar-refractivity contribution < 1.29 is 14.4 Å². The zero-order valence-electron chi connectivity index (χ0n) is 15.9. The highest BCUT2D eigenvalue weighted by atomic mass is 32.1. The number of hydrogen-bond acceptors (Lipinski definition) is 4. The highest BCUT2D eigenvalue weighted by molar-refractivity contribution is 7.12. The zero-order valence-corrected chi connectivity index (χ0v) is 16.7. The molecule has 0 atom stereocenters. The third kappa shape index (κ3) is 6.02. The van der Waals surface area contributed by atoms with Gasteiger partial charge in [-0.2, -0.15) is 0 Å². The first-order valence-electron chi connectivity index (χ1n) is 9.77. The van der Waals surface area contributed by atoms with E-state index in [1.165, 1.54) is 16.9 Å². The third-order valence-corrected chi connectivity index (χ3v) is 5.88. The van der Waals surface area contributed by atoms with Gasteiger partial charge in [0.25, 0.3) is 0 Å². The topological polar surface area (TPSA) is 66.5 Å². The predicted molar refractivity (Wildman–Crippen MR) is 110 cm³/mol. The van der Waals surface area contributed by atoms with Crippen LogP contribution in [0, 0.1) is 5.92 Å². The van der Waals surface area contributed by atoms with E-state index in [1.807, 2.05) is 34.5 Å². The van der Waals surface area contributed by atoms with Crippen molar-refractivity contribution in [1.29, 1.82) is 0 Å².